The van der Waals surface area contributed by atoms with Gasteiger partial charge >= 0.3 is 0 Å². The SMILES string of the molecule is CN(C1CCOCC1)S(=O)(=O)c1ccccc1CO. The molecule has 0 aliphatic carbocycles. The largest absolute Gasteiger partial charge is 0.392 e. The minimum absolute atomic E-state index is 0.0366. The summed E-state index contributed by atoms with van der Waals surface area (Å²) in [6.45, 7) is 0.898. The zero-order valence-electron chi connectivity index (χ0n) is 10.9. The third kappa shape index (κ3) is 2.97. The van der Waals surface area contributed by atoms with E-state index >= 15 is 0 Å². The van der Waals surface area contributed by atoms with Crippen molar-refractivity contribution >= 4 is 10.0 Å². The van der Waals surface area contributed by atoms with Crippen LogP contribution in [0.5, 0.6) is 0 Å². The molecule has 0 radical (unpaired) electrons. The van der Waals surface area contributed by atoms with Crippen molar-refractivity contribution in [1.82, 2.24) is 4.31 Å². The second-order valence-electron chi connectivity index (χ2n) is 4.63. The summed E-state index contributed by atoms with van der Waals surface area (Å²) in [6.07, 6.45) is 1.41. The quantitative estimate of drug-likeness (QED) is 0.895. The van der Waals surface area contributed by atoms with Crippen LogP contribution in [0.4, 0.5) is 0 Å². The van der Waals surface area contributed by atoms with E-state index in [0.29, 0.717) is 31.6 Å². The van der Waals surface area contributed by atoms with Gasteiger partial charge in [-0.05, 0) is 24.5 Å². The summed E-state index contributed by atoms with van der Waals surface area (Å²) in [5.41, 5.74) is 0.432. The van der Waals surface area contributed by atoms with Gasteiger partial charge in [-0.25, -0.2) is 8.42 Å². The van der Waals surface area contributed by atoms with Crippen LogP contribution in [0.2, 0.25) is 0 Å². The number of sulfonamides is 1. The van der Waals surface area contributed by atoms with E-state index in [1.54, 1.807) is 25.2 Å². The highest BCUT2D eigenvalue weighted by Gasteiger charge is 2.30. The van der Waals surface area contributed by atoms with Gasteiger partial charge < -0.3 is 9.84 Å². The third-order valence-electron chi connectivity index (χ3n) is 3.51. The van der Waals surface area contributed by atoms with Crippen molar-refractivity contribution in [3.8, 4) is 0 Å². The molecule has 2 rings (SSSR count). The van der Waals surface area contributed by atoms with Gasteiger partial charge in [0.15, 0.2) is 0 Å². The summed E-state index contributed by atoms with van der Waals surface area (Å²) in [5, 5.41) is 9.27. The highest BCUT2D eigenvalue weighted by Crippen LogP contribution is 2.24. The summed E-state index contributed by atoms with van der Waals surface area (Å²) in [5.74, 6) is 0. The zero-order valence-corrected chi connectivity index (χ0v) is 11.8. The van der Waals surface area contributed by atoms with Gasteiger partial charge in [0.1, 0.15) is 0 Å². The Kier molecular flexibility index (Phi) is 4.57. The lowest BCUT2D eigenvalue weighted by atomic mass is 10.1. The third-order valence-corrected chi connectivity index (χ3v) is 5.52. The number of benzene rings is 1. The van der Waals surface area contributed by atoms with Gasteiger partial charge in [0.2, 0.25) is 10.0 Å². The Hall–Kier alpha value is -0.950. The molecule has 0 spiro atoms. The Morgan fingerprint density at radius 2 is 1.95 bits per heavy atom. The summed E-state index contributed by atoms with van der Waals surface area (Å²) in [7, 11) is -1.97. The van der Waals surface area contributed by atoms with E-state index in [1.165, 1.54) is 10.4 Å². The van der Waals surface area contributed by atoms with Crippen LogP contribution in [0.1, 0.15) is 18.4 Å². The van der Waals surface area contributed by atoms with E-state index in [4.69, 9.17) is 4.74 Å². The van der Waals surface area contributed by atoms with Gasteiger partial charge in [-0.3, -0.25) is 0 Å². The number of nitrogens with zero attached hydrogens (tertiary/aromatic N) is 1. The van der Waals surface area contributed by atoms with Crippen molar-refractivity contribution in [2.24, 2.45) is 0 Å². The van der Waals surface area contributed by atoms with E-state index in [9.17, 15) is 13.5 Å². The van der Waals surface area contributed by atoms with Crippen LogP contribution in [0.15, 0.2) is 29.2 Å². The minimum atomic E-state index is -3.56. The lowest BCUT2D eigenvalue weighted by Crippen LogP contribution is -2.40. The average Bonchev–Trinajstić information content (AvgIpc) is 2.47. The van der Waals surface area contributed by atoms with E-state index in [0.717, 1.165) is 0 Å². The molecule has 1 aromatic rings. The van der Waals surface area contributed by atoms with Gasteiger partial charge in [0.05, 0.1) is 11.5 Å². The first-order valence-electron chi connectivity index (χ1n) is 6.32. The van der Waals surface area contributed by atoms with Gasteiger partial charge in [-0.2, -0.15) is 4.31 Å². The van der Waals surface area contributed by atoms with Gasteiger partial charge in [-0.1, -0.05) is 18.2 Å². The van der Waals surface area contributed by atoms with Crippen molar-refractivity contribution in [1.29, 1.82) is 0 Å². The topological polar surface area (TPSA) is 66.8 Å². The lowest BCUT2D eigenvalue weighted by Gasteiger charge is -2.30. The summed E-state index contributed by atoms with van der Waals surface area (Å²) >= 11 is 0. The number of aliphatic hydroxyl groups is 1. The molecule has 0 unspecified atom stereocenters. The first kappa shape index (κ1) is 14.5. The molecule has 106 valence electrons. The Balaban J connectivity index is 2.30. The standard InChI is InChI=1S/C13H19NO4S/c1-14(12-6-8-18-9-7-12)19(16,17)13-5-3-2-4-11(13)10-15/h2-5,12,15H,6-10H2,1H3. The first-order valence-corrected chi connectivity index (χ1v) is 7.76. The molecule has 1 aliphatic rings. The molecule has 1 aliphatic heterocycles. The highest BCUT2D eigenvalue weighted by atomic mass is 32.2. The molecule has 1 aromatic carbocycles. The van der Waals surface area contributed by atoms with E-state index in [1.807, 2.05) is 0 Å². The number of aliphatic hydroxyl groups excluding tert-OH is 1. The normalized spacial score (nSPS) is 17.8. The maximum Gasteiger partial charge on any atom is 0.243 e. The second kappa shape index (κ2) is 6.00. The van der Waals surface area contributed by atoms with Crippen molar-refractivity contribution in [3.05, 3.63) is 29.8 Å². The lowest BCUT2D eigenvalue weighted by molar-refractivity contribution is 0.0632. The van der Waals surface area contributed by atoms with Gasteiger partial charge in [0.25, 0.3) is 0 Å². The zero-order chi connectivity index (χ0) is 13.9. The van der Waals surface area contributed by atoms with Crippen molar-refractivity contribution in [2.45, 2.75) is 30.4 Å². The van der Waals surface area contributed by atoms with Crippen molar-refractivity contribution < 1.29 is 18.3 Å². The number of hydrogen-bond donors (Lipinski definition) is 1. The highest BCUT2D eigenvalue weighted by molar-refractivity contribution is 7.89. The Morgan fingerprint density at radius 1 is 1.32 bits per heavy atom. The van der Waals surface area contributed by atoms with E-state index in [-0.39, 0.29) is 17.5 Å². The Bertz CT molecular complexity index is 523. The van der Waals surface area contributed by atoms with Crippen molar-refractivity contribution in [3.63, 3.8) is 0 Å². The van der Waals surface area contributed by atoms with Crippen LogP contribution >= 0.6 is 0 Å². The van der Waals surface area contributed by atoms with Crippen LogP contribution in [0, 0.1) is 0 Å². The summed E-state index contributed by atoms with van der Waals surface area (Å²) in [6, 6.07) is 6.52. The smallest absolute Gasteiger partial charge is 0.243 e. The van der Waals surface area contributed by atoms with Crippen LogP contribution in [0.3, 0.4) is 0 Å². The molecule has 5 nitrogen and oxygen atoms in total. The fraction of sp³-hybridized carbons (Fsp3) is 0.538. The van der Waals surface area contributed by atoms with Crippen LogP contribution < -0.4 is 0 Å². The maximum absolute atomic E-state index is 12.6. The van der Waals surface area contributed by atoms with E-state index in [2.05, 4.69) is 0 Å². The van der Waals surface area contributed by atoms with Crippen LogP contribution in [-0.2, 0) is 21.4 Å². The fourth-order valence-corrected chi connectivity index (χ4v) is 3.91. The Labute approximate surface area is 113 Å². The molecule has 0 aromatic heterocycles. The fourth-order valence-electron chi connectivity index (χ4n) is 2.29. The first-order chi connectivity index (χ1) is 9.07. The molecule has 19 heavy (non-hydrogen) atoms. The molecule has 0 atom stereocenters. The predicted octanol–water partition coefficient (Wildman–Crippen LogP) is 0.978. The molecule has 1 heterocycles. The number of ether oxygens (including phenoxy) is 1. The Morgan fingerprint density at radius 3 is 2.58 bits per heavy atom. The van der Waals surface area contributed by atoms with Crippen LogP contribution in [0.25, 0.3) is 0 Å². The second-order valence-corrected chi connectivity index (χ2v) is 6.60. The molecule has 1 fully saturated rings. The van der Waals surface area contributed by atoms with E-state index < -0.39 is 10.0 Å². The summed E-state index contributed by atoms with van der Waals surface area (Å²) < 4.78 is 31.8. The van der Waals surface area contributed by atoms with Crippen molar-refractivity contribution in [2.75, 3.05) is 20.3 Å². The number of hydrogen-bond acceptors (Lipinski definition) is 4. The monoisotopic (exact) mass is 285 g/mol. The minimum Gasteiger partial charge on any atom is -0.392 e. The van der Waals surface area contributed by atoms with Gasteiger partial charge in [-0.15, -0.1) is 0 Å². The molecule has 1 N–H and O–H groups in total. The molecule has 6 heteroatoms. The number of rotatable bonds is 4. The molecule has 0 saturated carbocycles. The molecular weight excluding hydrogens is 266 g/mol. The van der Waals surface area contributed by atoms with Gasteiger partial charge in [0, 0.05) is 26.3 Å². The molecule has 0 amide bonds. The molecule has 1 saturated heterocycles. The summed E-state index contributed by atoms with van der Waals surface area (Å²) in [4.78, 5) is 0.187. The predicted molar refractivity (Wildman–Crippen MR) is 71.2 cm³/mol. The average molecular weight is 285 g/mol. The maximum atomic E-state index is 12.6. The van der Waals surface area contributed by atoms with Crippen LogP contribution in [-0.4, -0.2) is 44.1 Å². The molecule has 0 bridgehead atoms. The molecular formula is C13H19NO4S.